The van der Waals surface area contributed by atoms with Gasteiger partial charge in [-0.05, 0) is 19.4 Å². The first-order valence-corrected chi connectivity index (χ1v) is 5.60. The number of carbonyl (C=O) groups is 2. The molecule has 0 heterocycles. The van der Waals surface area contributed by atoms with Crippen LogP contribution in [0.1, 0.15) is 19.4 Å². The molecule has 0 aromatic heterocycles. The van der Waals surface area contributed by atoms with Crippen molar-refractivity contribution in [1.29, 1.82) is 0 Å². The number of hydrogen-bond donors (Lipinski definition) is 1. The van der Waals surface area contributed by atoms with E-state index < -0.39 is 11.8 Å². The van der Waals surface area contributed by atoms with Crippen molar-refractivity contribution in [2.45, 2.75) is 26.4 Å². The number of hydrogen-bond acceptors (Lipinski definition) is 2. The van der Waals surface area contributed by atoms with E-state index in [-0.39, 0.29) is 6.04 Å². The van der Waals surface area contributed by atoms with Crippen molar-refractivity contribution >= 4 is 11.8 Å². The maximum absolute atomic E-state index is 11.7. The van der Waals surface area contributed by atoms with Crippen LogP contribution in [-0.2, 0) is 16.1 Å². The lowest BCUT2D eigenvalue weighted by Crippen LogP contribution is -2.43. The summed E-state index contributed by atoms with van der Waals surface area (Å²) in [5.74, 6) is -1.07. The molecule has 0 aliphatic rings. The Morgan fingerprint density at radius 3 is 2.35 bits per heavy atom. The smallest absolute Gasteiger partial charge is 0.311 e. The van der Waals surface area contributed by atoms with Crippen molar-refractivity contribution in [3.63, 3.8) is 0 Å². The average Bonchev–Trinajstić information content (AvgIpc) is 2.28. The number of amides is 2. The lowest BCUT2D eigenvalue weighted by Gasteiger charge is -2.17. The minimum Gasteiger partial charge on any atom is -0.346 e. The van der Waals surface area contributed by atoms with Gasteiger partial charge in [0.15, 0.2) is 0 Å². The van der Waals surface area contributed by atoms with Crippen LogP contribution in [0.3, 0.4) is 0 Å². The summed E-state index contributed by atoms with van der Waals surface area (Å²) >= 11 is 0. The van der Waals surface area contributed by atoms with Crippen molar-refractivity contribution in [3.8, 4) is 0 Å². The fourth-order valence-electron chi connectivity index (χ4n) is 1.43. The Morgan fingerprint density at radius 2 is 1.82 bits per heavy atom. The van der Waals surface area contributed by atoms with Gasteiger partial charge >= 0.3 is 11.8 Å². The molecular formula is C13H18N2O2. The zero-order valence-electron chi connectivity index (χ0n) is 10.4. The van der Waals surface area contributed by atoms with Crippen molar-refractivity contribution in [2.24, 2.45) is 0 Å². The Bertz CT molecular complexity index is 388. The fraction of sp³-hybridized carbons (Fsp3) is 0.385. The van der Waals surface area contributed by atoms with Crippen LogP contribution in [0.15, 0.2) is 30.3 Å². The van der Waals surface area contributed by atoms with Crippen molar-refractivity contribution in [1.82, 2.24) is 10.2 Å². The van der Waals surface area contributed by atoms with Crippen LogP contribution >= 0.6 is 0 Å². The first kappa shape index (κ1) is 13.2. The van der Waals surface area contributed by atoms with Gasteiger partial charge in [-0.1, -0.05) is 30.3 Å². The van der Waals surface area contributed by atoms with Crippen LogP contribution in [0, 0.1) is 0 Å². The van der Waals surface area contributed by atoms with Gasteiger partial charge in [-0.15, -0.1) is 0 Å². The first-order valence-electron chi connectivity index (χ1n) is 5.60. The molecule has 0 spiro atoms. The number of benzene rings is 1. The van der Waals surface area contributed by atoms with Gasteiger partial charge in [0.1, 0.15) is 0 Å². The van der Waals surface area contributed by atoms with E-state index in [0.717, 1.165) is 5.56 Å². The average molecular weight is 234 g/mol. The van der Waals surface area contributed by atoms with E-state index in [0.29, 0.717) is 6.54 Å². The van der Waals surface area contributed by atoms with Crippen molar-refractivity contribution in [2.75, 3.05) is 7.05 Å². The topological polar surface area (TPSA) is 49.4 Å². The quantitative estimate of drug-likeness (QED) is 0.798. The van der Waals surface area contributed by atoms with Gasteiger partial charge in [0.05, 0.1) is 0 Å². The van der Waals surface area contributed by atoms with Crippen LogP contribution in [0.4, 0.5) is 0 Å². The highest BCUT2D eigenvalue weighted by Crippen LogP contribution is 2.02. The second-order valence-electron chi connectivity index (χ2n) is 4.27. The zero-order valence-corrected chi connectivity index (χ0v) is 10.4. The van der Waals surface area contributed by atoms with E-state index in [1.54, 1.807) is 7.05 Å². The summed E-state index contributed by atoms with van der Waals surface area (Å²) in [6.07, 6.45) is 0. The van der Waals surface area contributed by atoms with Gasteiger partial charge in [0.25, 0.3) is 0 Å². The van der Waals surface area contributed by atoms with E-state index in [2.05, 4.69) is 5.32 Å². The highest BCUT2D eigenvalue weighted by Gasteiger charge is 2.18. The van der Waals surface area contributed by atoms with Crippen LogP contribution in [0.5, 0.6) is 0 Å². The second-order valence-corrected chi connectivity index (χ2v) is 4.27. The Labute approximate surface area is 102 Å². The maximum atomic E-state index is 11.7. The van der Waals surface area contributed by atoms with Gasteiger partial charge in [-0.2, -0.15) is 0 Å². The number of carbonyl (C=O) groups excluding carboxylic acids is 2. The molecule has 1 N–H and O–H groups in total. The standard InChI is InChI=1S/C13H18N2O2/c1-10(2)14-12(16)13(17)15(3)9-11-7-5-4-6-8-11/h4-8,10H,9H2,1-3H3,(H,14,16). The molecule has 0 bridgehead atoms. The fourth-order valence-corrected chi connectivity index (χ4v) is 1.43. The molecule has 0 saturated carbocycles. The lowest BCUT2D eigenvalue weighted by atomic mass is 10.2. The summed E-state index contributed by atoms with van der Waals surface area (Å²) in [4.78, 5) is 24.6. The Morgan fingerprint density at radius 1 is 1.24 bits per heavy atom. The van der Waals surface area contributed by atoms with Gasteiger partial charge in [0.2, 0.25) is 0 Å². The molecule has 4 heteroatoms. The normalized spacial score (nSPS) is 10.1. The number of rotatable bonds is 3. The first-order chi connectivity index (χ1) is 8.00. The molecule has 2 amide bonds. The third kappa shape index (κ3) is 4.26. The molecule has 0 aliphatic carbocycles. The molecule has 17 heavy (non-hydrogen) atoms. The van der Waals surface area contributed by atoms with E-state index in [1.807, 2.05) is 44.2 Å². The summed E-state index contributed by atoms with van der Waals surface area (Å²) in [5.41, 5.74) is 1.00. The van der Waals surface area contributed by atoms with E-state index >= 15 is 0 Å². The van der Waals surface area contributed by atoms with Gasteiger partial charge in [-0.3, -0.25) is 9.59 Å². The molecule has 0 unspecified atom stereocenters. The number of likely N-dealkylation sites (N-methyl/N-ethyl adjacent to an activating group) is 1. The molecule has 1 rings (SSSR count). The minimum atomic E-state index is -0.557. The summed E-state index contributed by atoms with van der Waals surface area (Å²) in [6, 6.07) is 9.53. The van der Waals surface area contributed by atoms with Crippen molar-refractivity contribution < 1.29 is 9.59 Å². The molecule has 1 aromatic carbocycles. The third-order valence-corrected chi connectivity index (χ3v) is 2.22. The largest absolute Gasteiger partial charge is 0.346 e. The Kier molecular flexibility index (Phi) is 4.69. The zero-order chi connectivity index (χ0) is 12.8. The Balaban J connectivity index is 2.56. The van der Waals surface area contributed by atoms with E-state index in [4.69, 9.17) is 0 Å². The Hall–Kier alpha value is -1.84. The van der Waals surface area contributed by atoms with Crippen LogP contribution in [0.2, 0.25) is 0 Å². The monoisotopic (exact) mass is 234 g/mol. The predicted molar refractivity (Wildman–Crippen MR) is 66.2 cm³/mol. The second kappa shape index (κ2) is 6.03. The summed E-state index contributed by atoms with van der Waals surface area (Å²) in [6.45, 7) is 4.08. The summed E-state index contributed by atoms with van der Waals surface area (Å²) < 4.78 is 0. The highest BCUT2D eigenvalue weighted by atomic mass is 16.2. The molecule has 0 atom stereocenters. The number of nitrogens with one attached hydrogen (secondary N) is 1. The van der Waals surface area contributed by atoms with Crippen LogP contribution in [0.25, 0.3) is 0 Å². The molecule has 4 nitrogen and oxygen atoms in total. The van der Waals surface area contributed by atoms with Crippen molar-refractivity contribution in [3.05, 3.63) is 35.9 Å². The predicted octanol–water partition coefficient (Wildman–Crippen LogP) is 1.17. The molecular weight excluding hydrogens is 216 g/mol. The summed E-state index contributed by atoms with van der Waals surface area (Å²) in [7, 11) is 1.62. The van der Waals surface area contributed by atoms with Gasteiger partial charge < -0.3 is 10.2 Å². The molecule has 0 radical (unpaired) electrons. The maximum Gasteiger partial charge on any atom is 0.311 e. The molecule has 92 valence electrons. The van der Waals surface area contributed by atoms with Gasteiger partial charge in [0, 0.05) is 19.6 Å². The summed E-state index contributed by atoms with van der Waals surface area (Å²) in [5, 5.41) is 2.58. The van der Waals surface area contributed by atoms with E-state index in [1.165, 1.54) is 4.90 Å². The highest BCUT2D eigenvalue weighted by molar-refractivity contribution is 6.34. The lowest BCUT2D eigenvalue weighted by molar-refractivity contribution is -0.145. The number of nitrogens with zero attached hydrogens (tertiary/aromatic N) is 1. The van der Waals surface area contributed by atoms with Gasteiger partial charge in [-0.25, -0.2) is 0 Å². The molecule has 1 aromatic rings. The van der Waals surface area contributed by atoms with Crippen LogP contribution < -0.4 is 5.32 Å². The minimum absolute atomic E-state index is 0.0309. The molecule has 0 saturated heterocycles. The van der Waals surface area contributed by atoms with E-state index in [9.17, 15) is 9.59 Å². The third-order valence-electron chi connectivity index (χ3n) is 2.22. The van der Waals surface area contributed by atoms with Crippen LogP contribution in [-0.4, -0.2) is 29.8 Å². The SMILES string of the molecule is CC(C)NC(=O)C(=O)N(C)Cc1ccccc1. The molecule has 0 aliphatic heterocycles. The molecule has 0 fully saturated rings.